The minimum Gasteiger partial charge on any atom is -0.490 e. The molecule has 116 valence electrons. The highest BCUT2D eigenvalue weighted by Crippen LogP contribution is 2.37. The third-order valence-electron chi connectivity index (χ3n) is 2.81. The van der Waals surface area contributed by atoms with Crippen LogP contribution in [0.2, 0.25) is 0 Å². The van der Waals surface area contributed by atoms with E-state index in [1.807, 2.05) is 6.92 Å². The lowest BCUT2D eigenvalue weighted by molar-refractivity contribution is 0.267. The van der Waals surface area contributed by atoms with Crippen LogP contribution in [-0.4, -0.2) is 18.0 Å². The van der Waals surface area contributed by atoms with Gasteiger partial charge in [-0.1, -0.05) is 17.3 Å². The average molecular weight is 368 g/mol. The minimum absolute atomic E-state index is 0.212. The van der Waals surface area contributed by atoms with Crippen molar-refractivity contribution in [2.75, 3.05) is 6.61 Å². The number of ether oxygens (including phenoxy) is 2. The highest BCUT2D eigenvalue weighted by Gasteiger charge is 2.12. The van der Waals surface area contributed by atoms with Gasteiger partial charge in [-0.05, 0) is 52.7 Å². The first-order valence-electron chi connectivity index (χ1n) is 6.65. The second-order valence-electron chi connectivity index (χ2n) is 4.43. The van der Waals surface area contributed by atoms with E-state index in [1.54, 1.807) is 24.3 Å². The summed E-state index contributed by atoms with van der Waals surface area (Å²) in [6.07, 6.45) is 1.30. The summed E-state index contributed by atoms with van der Waals surface area (Å²) in [4.78, 5) is 0. The van der Waals surface area contributed by atoms with Crippen LogP contribution in [-0.2, 0) is 6.61 Å². The fraction of sp³-hybridized carbons (Fsp3) is 0.188. The predicted molar refractivity (Wildman–Crippen MR) is 85.4 cm³/mol. The molecule has 0 saturated heterocycles. The molecule has 0 radical (unpaired) electrons. The second-order valence-corrected chi connectivity index (χ2v) is 5.28. The Hall–Kier alpha value is -2.08. The molecule has 0 atom stereocenters. The Labute approximate surface area is 136 Å². The Morgan fingerprint density at radius 3 is 2.77 bits per heavy atom. The first kappa shape index (κ1) is 16.3. The number of rotatable bonds is 6. The third kappa shape index (κ3) is 4.21. The van der Waals surface area contributed by atoms with Crippen LogP contribution < -0.4 is 9.47 Å². The summed E-state index contributed by atoms with van der Waals surface area (Å²) >= 11 is 3.40. The van der Waals surface area contributed by atoms with E-state index >= 15 is 0 Å². The zero-order valence-corrected chi connectivity index (χ0v) is 13.5. The van der Waals surface area contributed by atoms with Crippen LogP contribution in [0.4, 0.5) is 4.39 Å². The Morgan fingerprint density at radius 2 is 2.09 bits per heavy atom. The van der Waals surface area contributed by atoms with Gasteiger partial charge in [-0.25, -0.2) is 4.39 Å². The van der Waals surface area contributed by atoms with Gasteiger partial charge in [0.05, 0.1) is 17.3 Å². The molecule has 4 nitrogen and oxygen atoms in total. The molecule has 1 N–H and O–H groups in total. The molecule has 0 aromatic heterocycles. The standard InChI is InChI=1S/C16H15BrFNO3/c1-2-21-15-8-12(9-19-20)7-14(17)16(15)22-10-11-4-3-5-13(18)6-11/h3-9,20H,2,10H2,1H3. The summed E-state index contributed by atoms with van der Waals surface area (Å²) in [5.74, 6) is 0.726. The number of benzene rings is 2. The highest BCUT2D eigenvalue weighted by molar-refractivity contribution is 9.10. The Balaban J connectivity index is 2.25. The van der Waals surface area contributed by atoms with Gasteiger partial charge >= 0.3 is 0 Å². The zero-order valence-electron chi connectivity index (χ0n) is 11.9. The van der Waals surface area contributed by atoms with Gasteiger partial charge in [0, 0.05) is 5.56 Å². The number of halogens is 2. The highest BCUT2D eigenvalue weighted by atomic mass is 79.9. The maximum atomic E-state index is 13.2. The predicted octanol–water partition coefficient (Wildman–Crippen LogP) is 4.37. The number of nitrogens with zero attached hydrogens (tertiary/aromatic N) is 1. The molecular formula is C16H15BrFNO3. The smallest absolute Gasteiger partial charge is 0.175 e. The van der Waals surface area contributed by atoms with Crippen molar-refractivity contribution in [1.82, 2.24) is 0 Å². The maximum Gasteiger partial charge on any atom is 0.175 e. The summed E-state index contributed by atoms with van der Waals surface area (Å²) in [5.41, 5.74) is 1.38. The molecule has 0 aliphatic rings. The molecular weight excluding hydrogens is 353 g/mol. The first-order chi connectivity index (χ1) is 10.6. The summed E-state index contributed by atoms with van der Waals surface area (Å²) in [6, 6.07) is 9.66. The molecule has 6 heteroatoms. The molecule has 0 fully saturated rings. The summed E-state index contributed by atoms with van der Waals surface area (Å²) in [7, 11) is 0. The van der Waals surface area contributed by atoms with Crippen LogP contribution in [0.15, 0.2) is 46.0 Å². The summed E-state index contributed by atoms with van der Waals surface area (Å²) in [6.45, 7) is 2.53. The van der Waals surface area contributed by atoms with Crippen molar-refractivity contribution in [1.29, 1.82) is 0 Å². The van der Waals surface area contributed by atoms with Crippen molar-refractivity contribution < 1.29 is 19.1 Å². The Bertz CT molecular complexity index is 676. The molecule has 0 bridgehead atoms. The fourth-order valence-corrected chi connectivity index (χ4v) is 2.49. The molecule has 0 aliphatic heterocycles. The summed E-state index contributed by atoms with van der Waals surface area (Å²) < 4.78 is 25.1. The largest absolute Gasteiger partial charge is 0.490 e. The van der Waals surface area contributed by atoms with Crippen molar-refractivity contribution in [3.05, 3.63) is 57.8 Å². The van der Waals surface area contributed by atoms with E-state index in [0.717, 1.165) is 5.56 Å². The molecule has 2 rings (SSSR count). The molecule has 2 aromatic carbocycles. The van der Waals surface area contributed by atoms with Crippen LogP contribution in [0, 0.1) is 5.82 Å². The van der Waals surface area contributed by atoms with Crippen molar-refractivity contribution in [2.45, 2.75) is 13.5 Å². The normalized spacial score (nSPS) is 10.9. The fourth-order valence-electron chi connectivity index (χ4n) is 1.91. The van der Waals surface area contributed by atoms with E-state index in [9.17, 15) is 4.39 Å². The number of oxime groups is 1. The zero-order chi connectivity index (χ0) is 15.9. The quantitative estimate of drug-likeness (QED) is 0.468. The van der Waals surface area contributed by atoms with E-state index in [4.69, 9.17) is 14.7 Å². The lowest BCUT2D eigenvalue weighted by Gasteiger charge is -2.14. The van der Waals surface area contributed by atoms with Gasteiger partial charge in [0.1, 0.15) is 12.4 Å². The van der Waals surface area contributed by atoms with E-state index < -0.39 is 0 Å². The lowest BCUT2D eigenvalue weighted by atomic mass is 10.2. The van der Waals surface area contributed by atoms with Crippen LogP contribution in [0.25, 0.3) is 0 Å². The van der Waals surface area contributed by atoms with Gasteiger partial charge in [0.25, 0.3) is 0 Å². The van der Waals surface area contributed by atoms with E-state index in [-0.39, 0.29) is 12.4 Å². The number of hydrogen-bond donors (Lipinski definition) is 1. The molecule has 0 heterocycles. The maximum absolute atomic E-state index is 13.2. The van der Waals surface area contributed by atoms with Gasteiger partial charge < -0.3 is 14.7 Å². The molecule has 0 saturated carbocycles. The van der Waals surface area contributed by atoms with Crippen LogP contribution >= 0.6 is 15.9 Å². The minimum atomic E-state index is -0.306. The van der Waals surface area contributed by atoms with E-state index in [1.165, 1.54) is 18.3 Å². The van der Waals surface area contributed by atoms with Crippen LogP contribution in [0.5, 0.6) is 11.5 Å². The molecule has 0 amide bonds. The molecule has 0 unspecified atom stereocenters. The molecule has 22 heavy (non-hydrogen) atoms. The topological polar surface area (TPSA) is 51.0 Å². The van der Waals surface area contributed by atoms with Crippen molar-refractivity contribution in [2.24, 2.45) is 5.16 Å². The summed E-state index contributed by atoms with van der Waals surface area (Å²) in [5, 5.41) is 11.6. The number of hydrogen-bond acceptors (Lipinski definition) is 4. The Morgan fingerprint density at radius 1 is 1.27 bits per heavy atom. The third-order valence-corrected chi connectivity index (χ3v) is 3.40. The molecule has 2 aromatic rings. The first-order valence-corrected chi connectivity index (χ1v) is 7.44. The molecule has 0 spiro atoms. The van der Waals surface area contributed by atoms with Crippen LogP contribution in [0.3, 0.4) is 0 Å². The average Bonchev–Trinajstić information content (AvgIpc) is 2.47. The Kier molecular flexibility index (Phi) is 5.77. The monoisotopic (exact) mass is 367 g/mol. The molecule has 0 aliphatic carbocycles. The SMILES string of the molecule is CCOc1cc(C=NO)cc(Br)c1OCc1cccc(F)c1. The van der Waals surface area contributed by atoms with Crippen LogP contribution in [0.1, 0.15) is 18.1 Å². The van der Waals surface area contributed by atoms with E-state index in [0.29, 0.717) is 28.1 Å². The van der Waals surface area contributed by atoms with Crippen molar-refractivity contribution in [3.8, 4) is 11.5 Å². The second kappa shape index (κ2) is 7.79. The van der Waals surface area contributed by atoms with E-state index in [2.05, 4.69) is 21.1 Å². The van der Waals surface area contributed by atoms with Crippen molar-refractivity contribution in [3.63, 3.8) is 0 Å². The van der Waals surface area contributed by atoms with Gasteiger partial charge in [-0.15, -0.1) is 0 Å². The van der Waals surface area contributed by atoms with Gasteiger partial charge in [-0.2, -0.15) is 0 Å². The van der Waals surface area contributed by atoms with Crippen molar-refractivity contribution >= 4 is 22.1 Å². The van der Waals surface area contributed by atoms with Gasteiger partial charge in [-0.3, -0.25) is 0 Å². The van der Waals surface area contributed by atoms with Gasteiger partial charge in [0.2, 0.25) is 0 Å². The van der Waals surface area contributed by atoms with Gasteiger partial charge in [0.15, 0.2) is 11.5 Å². The lowest BCUT2D eigenvalue weighted by Crippen LogP contribution is -2.01.